The van der Waals surface area contributed by atoms with E-state index < -0.39 is 0 Å². The predicted octanol–water partition coefficient (Wildman–Crippen LogP) is 5.32. The van der Waals surface area contributed by atoms with Crippen LogP contribution >= 0.6 is 0 Å². The van der Waals surface area contributed by atoms with E-state index in [1.807, 2.05) is 0 Å². The monoisotopic (exact) mass is 374 g/mol. The lowest BCUT2D eigenvalue weighted by molar-refractivity contribution is -0.118. The Labute approximate surface area is 168 Å². The van der Waals surface area contributed by atoms with Crippen LogP contribution in [0.3, 0.4) is 0 Å². The van der Waals surface area contributed by atoms with Gasteiger partial charge in [0.15, 0.2) is 0 Å². The van der Waals surface area contributed by atoms with Crippen LogP contribution in [0.5, 0.6) is 0 Å². The molecule has 1 heterocycles. The predicted molar refractivity (Wildman–Crippen MR) is 115 cm³/mol. The zero-order valence-electron chi connectivity index (χ0n) is 17.2. The van der Waals surface area contributed by atoms with Crippen molar-refractivity contribution in [3.05, 3.63) is 76.9 Å². The number of carbonyl (C=O) groups excluding carboxylic acids is 1. The van der Waals surface area contributed by atoms with Crippen molar-refractivity contribution < 1.29 is 4.79 Å². The summed E-state index contributed by atoms with van der Waals surface area (Å²) in [5.74, 6) is 0.0835. The van der Waals surface area contributed by atoms with Gasteiger partial charge in [-0.05, 0) is 66.4 Å². The first-order valence-corrected chi connectivity index (χ1v) is 10.4. The topological polar surface area (TPSA) is 32.3 Å². The number of carbonyl (C=O) groups is 1. The third kappa shape index (κ3) is 3.71. The molecule has 0 spiro atoms. The van der Waals surface area contributed by atoms with E-state index in [1.165, 1.54) is 23.1 Å². The van der Waals surface area contributed by atoms with Gasteiger partial charge in [-0.25, -0.2) is 0 Å². The number of amides is 1. The molecule has 0 saturated carbocycles. The minimum absolute atomic E-state index is 0.0694. The minimum Gasteiger partial charge on any atom is -0.278 e. The van der Waals surface area contributed by atoms with Gasteiger partial charge in [0, 0.05) is 5.57 Å². The molecule has 1 atom stereocenters. The van der Waals surface area contributed by atoms with Gasteiger partial charge in [0.25, 0.3) is 5.91 Å². The summed E-state index contributed by atoms with van der Waals surface area (Å²) in [5, 5.41) is 2.12. The maximum absolute atomic E-state index is 12.9. The Kier molecular flexibility index (Phi) is 5.01. The molecule has 3 nitrogen and oxygen atoms in total. The van der Waals surface area contributed by atoms with Crippen LogP contribution in [0.25, 0.3) is 0 Å². The average Bonchev–Trinajstić information content (AvgIpc) is 2.70. The van der Waals surface area contributed by atoms with Crippen molar-refractivity contribution in [3.8, 4) is 0 Å². The summed E-state index contributed by atoms with van der Waals surface area (Å²) in [7, 11) is 0. The highest BCUT2D eigenvalue weighted by Gasteiger charge is 2.35. The second kappa shape index (κ2) is 7.46. The molecule has 2 aromatic rings. The Morgan fingerprint density at radius 3 is 2.50 bits per heavy atom. The Morgan fingerprint density at radius 2 is 1.75 bits per heavy atom. The molecule has 1 amide bonds. The standard InChI is InChI=1S/C25H30N2O/c1-25(2,3)19-12-9-13-20(17-19)27-23(16-18-10-5-4-6-11-18)21-14-7-8-15-22(21)24(28)26-27/h4-6,9-13,17,23H,7-8,14-16H2,1-3H3,(H,26,28). The third-order valence-electron chi connectivity index (χ3n) is 5.98. The fraction of sp³-hybridized carbons (Fsp3) is 0.400. The highest BCUT2D eigenvalue weighted by atomic mass is 16.2. The van der Waals surface area contributed by atoms with Gasteiger partial charge in [0.05, 0.1) is 11.7 Å². The molecule has 1 N–H and O–H groups in total. The molecule has 0 fully saturated rings. The fourth-order valence-electron chi connectivity index (χ4n) is 4.38. The van der Waals surface area contributed by atoms with Crippen LogP contribution in [0.4, 0.5) is 5.69 Å². The number of hydrogen-bond acceptors (Lipinski definition) is 2. The molecule has 4 rings (SSSR count). The summed E-state index contributed by atoms with van der Waals surface area (Å²) in [6.45, 7) is 6.68. The Hall–Kier alpha value is -2.55. The van der Waals surface area contributed by atoms with Crippen molar-refractivity contribution >= 4 is 11.6 Å². The molecule has 0 aromatic heterocycles. The Bertz CT molecular complexity index is 892. The maximum Gasteiger partial charge on any atom is 0.265 e. The van der Waals surface area contributed by atoms with Crippen molar-refractivity contribution in [3.63, 3.8) is 0 Å². The first kappa shape index (κ1) is 18.8. The summed E-state index contributed by atoms with van der Waals surface area (Å²) in [6.07, 6.45) is 5.12. The summed E-state index contributed by atoms with van der Waals surface area (Å²) < 4.78 is 0. The van der Waals surface area contributed by atoms with Gasteiger partial charge >= 0.3 is 0 Å². The SMILES string of the molecule is CC(C)(C)c1cccc(N2NC(=O)C3=C(CCCC3)C2Cc2ccccc2)c1. The van der Waals surface area contributed by atoms with Crippen LogP contribution < -0.4 is 10.4 Å². The van der Waals surface area contributed by atoms with Gasteiger partial charge in [-0.3, -0.25) is 15.2 Å². The molecule has 146 valence electrons. The quantitative estimate of drug-likeness (QED) is 0.789. The van der Waals surface area contributed by atoms with Crippen molar-refractivity contribution in [2.24, 2.45) is 0 Å². The number of anilines is 1. The number of benzene rings is 2. The Morgan fingerprint density at radius 1 is 1.00 bits per heavy atom. The van der Waals surface area contributed by atoms with Gasteiger partial charge in [0.1, 0.15) is 0 Å². The van der Waals surface area contributed by atoms with E-state index in [9.17, 15) is 4.79 Å². The molecule has 0 bridgehead atoms. The molecule has 28 heavy (non-hydrogen) atoms. The molecule has 1 aliphatic carbocycles. The van der Waals surface area contributed by atoms with Crippen LogP contribution in [-0.4, -0.2) is 11.9 Å². The zero-order chi connectivity index (χ0) is 19.7. The number of nitrogens with one attached hydrogen (secondary N) is 1. The first-order valence-electron chi connectivity index (χ1n) is 10.4. The van der Waals surface area contributed by atoms with Gasteiger partial charge in [-0.2, -0.15) is 0 Å². The molecule has 1 unspecified atom stereocenters. The lowest BCUT2D eigenvalue weighted by Gasteiger charge is -2.42. The van der Waals surface area contributed by atoms with Crippen LogP contribution in [-0.2, 0) is 16.6 Å². The first-order chi connectivity index (χ1) is 13.4. The normalized spacial score (nSPS) is 20.0. The second-order valence-corrected chi connectivity index (χ2v) is 9.03. The lowest BCUT2D eigenvalue weighted by atomic mass is 9.82. The minimum atomic E-state index is 0.0694. The van der Waals surface area contributed by atoms with Crippen LogP contribution in [0.1, 0.15) is 57.6 Å². The second-order valence-electron chi connectivity index (χ2n) is 9.03. The number of hydrazine groups is 1. The van der Waals surface area contributed by atoms with E-state index in [0.29, 0.717) is 0 Å². The van der Waals surface area contributed by atoms with Crippen LogP contribution in [0.2, 0.25) is 0 Å². The average molecular weight is 375 g/mol. The molecule has 2 aliphatic rings. The summed E-state index contributed by atoms with van der Waals surface area (Å²) in [4.78, 5) is 12.9. The van der Waals surface area contributed by atoms with Crippen LogP contribution in [0, 0.1) is 0 Å². The Balaban J connectivity index is 1.76. The molecule has 1 aliphatic heterocycles. The van der Waals surface area contributed by atoms with E-state index in [0.717, 1.165) is 36.9 Å². The fourth-order valence-corrected chi connectivity index (χ4v) is 4.38. The smallest absolute Gasteiger partial charge is 0.265 e. The molecular formula is C25H30N2O. The molecule has 0 radical (unpaired) electrons. The van der Waals surface area contributed by atoms with Crippen molar-refractivity contribution in [1.29, 1.82) is 0 Å². The van der Waals surface area contributed by atoms with Crippen molar-refractivity contribution in [2.45, 2.75) is 64.3 Å². The summed E-state index contributed by atoms with van der Waals surface area (Å²) in [5.41, 5.74) is 9.29. The van der Waals surface area contributed by atoms with Gasteiger partial charge in [-0.1, -0.05) is 63.2 Å². The summed E-state index contributed by atoms with van der Waals surface area (Å²) in [6, 6.07) is 19.4. The van der Waals surface area contributed by atoms with E-state index in [2.05, 4.69) is 85.8 Å². The van der Waals surface area contributed by atoms with Gasteiger partial charge in [0.2, 0.25) is 0 Å². The maximum atomic E-state index is 12.9. The highest BCUT2D eigenvalue weighted by Crippen LogP contribution is 2.36. The third-order valence-corrected chi connectivity index (χ3v) is 5.98. The van der Waals surface area contributed by atoms with Crippen molar-refractivity contribution in [2.75, 3.05) is 5.01 Å². The molecule has 3 heteroatoms. The molecule has 0 saturated heterocycles. The zero-order valence-corrected chi connectivity index (χ0v) is 17.2. The lowest BCUT2D eigenvalue weighted by Crippen LogP contribution is -2.55. The van der Waals surface area contributed by atoms with Crippen LogP contribution in [0.15, 0.2) is 65.7 Å². The van der Waals surface area contributed by atoms with E-state index in [1.54, 1.807) is 0 Å². The number of rotatable bonds is 3. The largest absolute Gasteiger partial charge is 0.278 e. The molecular weight excluding hydrogens is 344 g/mol. The van der Waals surface area contributed by atoms with Gasteiger partial charge < -0.3 is 0 Å². The molecule has 2 aromatic carbocycles. The summed E-state index contributed by atoms with van der Waals surface area (Å²) >= 11 is 0. The number of nitrogens with zero attached hydrogens (tertiary/aromatic N) is 1. The van der Waals surface area contributed by atoms with E-state index >= 15 is 0 Å². The number of hydrogen-bond donors (Lipinski definition) is 1. The van der Waals surface area contributed by atoms with Gasteiger partial charge in [-0.15, -0.1) is 0 Å². The van der Waals surface area contributed by atoms with E-state index in [4.69, 9.17) is 0 Å². The van der Waals surface area contributed by atoms with Crippen molar-refractivity contribution in [1.82, 2.24) is 5.43 Å². The highest BCUT2D eigenvalue weighted by molar-refractivity contribution is 5.97. The van der Waals surface area contributed by atoms with E-state index in [-0.39, 0.29) is 17.4 Å².